The van der Waals surface area contributed by atoms with Crippen LogP contribution in [0.5, 0.6) is 0 Å². The minimum Gasteiger partial charge on any atom is -0.309 e. The van der Waals surface area contributed by atoms with E-state index in [0.29, 0.717) is 6.04 Å². The van der Waals surface area contributed by atoms with Crippen LogP contribution in [0.1, 0.15) is 60.4 Å². The van der Waals surface area contributed by atoms with Crippen LogP contribution in [0.3, 0.4) is 0 Å². The van der Waals surface area contributed by atoms with E-state index in [-0.39, 0.29) is 0 Å². The second-order valence-electron chi connectivity index (χ2n) is 5.64. The molecule has 0 saturated heterocycles. The third kappa shape index (κ3) is 2.74. The van der Waals surface area contributed by atoms with E-state index in [9.17, 15) is 0 Å². The van der Waals surface area contributed by atoms with Crippen molar-refractivity contribution < 1.29 is 0 Å². The molecule has 1 aromatic rings. The molecule has 0 radical (unpaired) electrons. The van der Waals surface area contributed by atoms with Crippen molar-refractivity contribution in [2.45, 2.75) is 57.9 Å². The fourth-order valence-corrected chi connectivity index (χ4v) is 4.18. The second kappa shape index (κ2) is 5.11. The topological polar surface area (TPSA) is 12.0 Å². The lowest BCUT2D eigenvalue weighted by Gasteiger charge is -2.16. The maximum atomic E-state index is 3.76. The average Bonchev–Trinajstić information content (AvgIpc) is 2.87. The Morgan fingerprint density at radius 1 is 1.41 bits per heavy atom. The number of hydrogen-bond acceptors (Lipinski definition) is 2. The van der Waals surface area contributed by atoms with Gasteiger partial charge in [0.15, 0.2) is 0 Å². The van der Waals surface area contributed by atoms with E-state index in [1.165, 1.54) is 51.5 Å². The molecule has 0 aromatic carbocycles. The van der Waals surface area contributed by atoms with Crippen molar-refractivity contribution in [2.24, 2.45) is 5.92 Å². The van der Waals surface area contributed by atoms with Crippen molar-refractivity contribution in [3.8, 4) is 0 Å². The van der Waals surface area contributed by atoms with Gasteiger partial charge in [-0.05, 0) is 56.2 Å². The highest BCUT2D eigenvalue weighted by Gasteiger charge is 2.27. The first-order valence-electron chi connectivity index (χ1n) is 7.21. The van der Waals surface area contributed by atoms with Crippen LogP contribution in [0.2, 0.25) is 0 Å². The Kier molecular flexibility index (Phi) is 3.53. The Bertz CT molecular complexity index is 357. The van der Waals surface area contributed by atoms with Gasteiger partial charge < -0.3 is 5.32 Å². The minimum absolute atomic E-state index is 0.651. The molecule has 1 nitrogen and oxygen atoms in total. The molecule has 3 rings (SSSR count). The molecule has 1 atom stereocenters. The van der Waals surface area contributed by atoms with Gasteiger partial charge in [0.05, 0.1) is 0 Å². The molecule has 17 heavy (non-hydrogen) atoms. The third-order valence-electron chi connectivity index (χ3n) is 4.02. The highest BCUT2D eigenvalue weighted by Crippen LogP contribution is 2.41. The molecule has 1 saturated carbocycles. The molecule has 2 aliphatic rings. The molecule has 0 amide bonds. The first kappa shape index (κ1) is 11.7. The summed E-state index contributed by atoms with van der Waals surface area (Å²) in [5.74, 6) is 1.02. The fourth-order valence-electron chi connectivity index (χ4n) is 2.83. The van der Waals surface area contributed by atoms with Crippen LogP contribution < -0.4 is 5.32 Å². The largest absolute Gasteiger partial charge is 0.309 e. The van der Waals surface area contributed by atoms with Crippen molar-refractivity contribution >= 4 is 11.3 Å². The Labute approximate surface area is 109 Å². The van der Waals surface area contributed by atoms with Crippen molar-refractivity contribution in [3.63, 3.8) is 0 Å². The molecule has 0 spiro atoms. The van der Waals surface area contributed by atoms with Crippen LogP contribution >= 0.6 is 11.3 Å². The van der Waals surface area contributed by atoms with Gasteiger partial charge in [0.25, 0.3) is 0 Å². The zero-order valence-corrected chi connectivity index (χ0v) is 11.6. The van der Waals surface area contributed by atoms with Gasteiger partial charge in [-0.2, -0.15) is 0 Å². The second-order valence-corrected chi connectivity index (χ2v) is 6.80. The van der Waals surface area contributed by atoms with Crippen LogP contribution in [0, 0.1) is 5.92 Å². The molecule has 2 aliphatic carbocycles. The third-order valence-corrected chi connectivity index (χ3v) is 5.37. The number of nitrogens with one attached hydrogen (secondary N) is 1. The summed E-state index contributed by atoms with van der Waals surface area (Å²) in [5.41, 5.74) is 1.66. The highest BCUT2D eigenvalue weighted by molar-refractivity contribution is 7.12. The van der Waals surface area contributed by atoms with E-state index in [2.05, 4.69) is 29.6 Å². The SMILES string of the molecule is CCCNC(CC1CC1)c1cc2c(s1)CCC2. The lowest BCUT2D eigenvalue weighted by molar-refractivity contribution is 0.480. The predicted molar refractivity (Wildman–Crippen MR) is 74.7 cm³/mol. The molecule has 1 aromatic heterocycles. The van der Waals surface area contributed by atoms with Gasteiger partial charge in [0, 0.05) is 15.8 Å². The highest BCUT2D eigenvalue weighted by atomic mass is 32.1. The Morgan fingerprint density at radius 3 is 3.00 bits per heavy atom. The summed E-state index contributed by atoms with van der Waals surface area (Å²) >= 11 is 2.09. The zero-order chi connectivity index (χ0) is 11.7. The van der Waals surface area contributed by atoms with E-state index >= 15 is 0 Å². The van der Waals surface area contributed by atoms with Gasteiger partial charge >= 0.3 is 0 Å². The molecule has 1 unspecified atom stereocenters. The lowest BCUT2D eigenvalue weighted by atomic mass is 10.1. The van der Waals surface area contributed by atoms with Gasteiger partial charge in [-0.1, -0.05) is 19.8 Å². The van der Waals surface area contributed by atoms with Gasteiger partial charge in [-0.15, -0.1) is 11.3 Å². The Hall–Kier alpha value is -0.340. The van der Waals surface area contributed by atoms with Crippen LogP contribution in [-0.2, 0) is 12.8 Å². The Morgan fingerprint density at radius 2 is 2.29 bits per heavy atom. The van der Waals surface area contributed by atoms with E-state index in [1.54, 1.807) is 15.3 Å². The minimum atomic E-state index is 0.651. The maximum Gasteiger partial charge on any atom is 0.0417 e. The van der Waals surface area contributed by atoms with E-state index in [4.69, 9.17) is 0 Å². The van der Waals surface area contributed by atoms with Crippen molar-refractivity contribution in [1.29, 1.82) is 0 Å². The quantitative estimate of drug-likeness (QED) is 0.801. The monoisotopic (exact) mass is 249 g/mol. The van der Waals surface area contributed by atoms with Crippen molar-refractivity contribution in [1.82, 2.24) is 5.32 Å². The summed E-state index contributed by atoms with van der Waals surface area (Å²) in [6.45, 7) is 3.43. The zero-order valence-electron chi connectivity index (χ0n) is 10.8. The number of fused-ring (bicyclic) bond motifs is 1. The molecule has 1 heterocycles. The number of hydrogen-bond donors (Lipinski definition) is 1. The fraction of sp³-hybridized carbons (Fsp3) is 0.733. The smallest absolute Gasteiger partial charge is 0.0417 e. The molecular weight excluding hydrogens is 226 g/mol. The summed E-state index contributed by atoms with van der Waals surface area (Å²) in [6, 6.07) is 3.15. The summed E-state index contributed by atoms with van der Waals surface area (Å²) < 4.78 is 0. The number of thiophene rings is 1. The number of aryl methyl sites for hydroxylation is 2. The Balaban J connectivity index is 1.70. The summed E-state index contributed by atoms with van der Waals surface area (Å²) in [6.07, 6.45) is 9.60. The standard InChI is InChI=1S/C15H23NS/c1-2-8-16-13(9-11-6-7-11)15-10-12-4-3-5-14(12)17-15/h10-11,13,16H,2-9H2,1H3. The molecule has 0 bridgehead atoms. The summed E-state index contributed by atoms with van der Waals surface area (Å²) in [4.78, 5) is 3.30. The normalized spacial score (nSPS) is 20.5. The van der Waals surface area contributed by atoms with Crippen LogP contribution in [0.15, 0.2) is 6.07 Å². The molecule has 94 valence electrons. The lowest BCUT2D eigenvalue weighted by Crippen LogP contribution is -2.21. The van der Waals surface area contributed by atoms with Crippen molar-refractivity contribution in [2.75, 3.05) is 6.54 Å². The van der Waals surface area contributed by atoms with E-state index in [1.807, 2.05) is 0 Å². The first-order chi connectivity index (χ1) is 8.36. The molecule has 1 fully saturated rings. The molecule has 1 N–H and O–H groups in total. The van der Waals surface area contributed by atoms with Gasteiger partial charge in [0.1, 0.15) is 0 Å². The van der Waals surface area contributed by atoms with E-state index in [0.717, 1.165) is 5.92 Å². The van der Waals surface area contributed by atoms with Crippen LogP contribution in [0.4, 0.5) is 0 Å². The molecular formula is C15H23NS. The molecule has 0 aliphatic heterocycles. The van der Waals surface area contributed by atoms with Gasteiger partial charge in [-0.25, -0.2) is 0 Å². The summed E-state index contributed by atoms with van der Waals surface area (Å²) in [7, 11) is 0. The first-order valence-corrected chi connectivity index (χ1v) is 8.03. The van der Waals surface area contributed by atoms with Gasteiger partial charge in [0.2, 0.25) is 0 Å². The van der Waals surface area contributed by atoms with Crippen LogP contribution in [-0.4, -0.2) is 6.54 Å². The number of rotatable bonds is 6. The average molecular weight is 249 g/mol. The van der Waals surface area contributed by atoms with Crippen LogP contribution in [0.25, 0.3) is 0 Å². The maximum absolute atomic E-state index is 3.76. The van der Waals surface area contributed by atoms with Gasteiger partial charge in [-0.3, -0.25) is 0 Å². The predicted octanol–water partition coefficient (Wildman–Crippen LogP) is 4.08. The molecule has 2 heteroatoms. The van der Waals surface area contributed by atoms with Crippen molar-refractivity contribution in [3.05, 3.63) is 21.4 Å². The van der Waals surface area contributed by atoms with E-state index < -0.39 is 0 Å². The summed E-state index contributed by atoms with van der Waals surface area (Å²) in [5, 5.41) is 3.76.